The maximum Gasteiger partial charge on any atom is 0.238 e. The molecule has 0 saturated carbocycles. The minimum atomic E-state index is -0.490. The Hall–Kier alpha value is -0.940. The molecule has 4 rings (SSSR count). The highest BCUT2D eigenvalue weighted by molar-refractivity contribution is 5.19. The van der Waals surface area contributed by atoms with Gasteiger partial charge in [-0.15, -0.1) is 0 Å². The molecule has 0 spiro atoms. The monoisotopic (exact) mass is 260 g/mol. The molecule has 1 N–H and O–H groups in total. The van der Waals surface area contributed by atoms with Gasteiger partial charge in [0.15, 0.2) is 6.79 Å². The van der Waals surface area contributed by atoms with Crippen molar-refractivity contribution in [3.8, 4) is 0 Å². The number of hydrogen-bond donors (Lipinski definition) is 1. The van der Waals surface area contributed by atoms with Crippen LogP contribution in [0.4, 0.5) is 0 Å². The largest absolute Gasteiger partial charge is 0.315 e. The molecule has 4 nitrogen and oxygen atoms in total. The van der Waals surface area contributed by atoms with Crippen molar-refractivity contribution in [2.45, 2.75) is 37.3 Å². The van der Waals surface area contributed by atoms with Crippen molar-refractivity contribution in [2.75, 3.05) is 19.9 Å². The van der Waals surface area contributed by atoms with E-state index in [1.54, 1.807) is 0 Å². The number of benzene rings is 1. The lowest BCUT2D eigenvalue weighted by Gasteiger charge is -2.43. The van der Waals surface area contributed by atoms with E-state index in [1.165, 1.54) is 18.4 Å². The van der Waals surface area contributed by atoms with Crippen molar-refractivity contribution < 1.29 is 9.47 Å². The summed E-state index contributed by atoms with van der Waals surface area (Å²) < 4.78 is 11.7. The van der Waals surface area contributed by atoms with Crippen LogP contribution in [-0.4, -0.2) is 42.8 Å². The molecule has 3 aliphatic heterocycles. The van der Waals surface area contributed by atoms with Gasteiger partial charge in [-0.2, -0.15) is 0 Å². The third-order valence-corrected chi connectivity index (χ3v) is 4.51. The van der Waals surface area contributed by atoms with Crippen LogP contribution >= 0.6 is 0 Å². The molecule has 0 radical (unpaired) electrons. The van der Waals surface area contributed by atoms with E-state index in [2.05, 4.69) is 34.5 Å². The first-order valence-corrected chi connectivity index (χ1v) is 7.20. The van der Waals surface area contributed by atoms with Crippen molar-refractivity contribution in [3.63, 3.8) is 0 Å². The third kappa shape index (κ3) is 1.99. The molecule has 0 amide bonds. The topological polar surface area (TPSA) is 33.5 Å². The van der Waals surface area contributed by atoms with Gasteiger partial charge in [0.05, 0.1) is 0 Å². The summed E-state index contributed by atoms with van der Waals surface area (Å²) in [5, 5.41) is 3.50. The highest BCUT2D eigenvalue weighted by atomic mass is 16.9. The molecular formula is C15H20N2O2. The molecule has 0 bridgehead atoms. The Kier molecular flexibility index (Phi) is 2.84. The number of hydrogen-bond acceptors (Lipinski definition) is 4. The first-order chi connectivity index (χ1) is 9.39. The molecular weight excluding hydrogens is 240 g/mol. The quantitative estimate of drug-likeness (QED) is 0.831. The summed E-state index contributed by atoms with van der Waals surface area (Å²) in [5.74, 6) is -0.490. The average molecular weight is 260 g/mol. The van der Waals surface area contributed by atoms with Crippen LogP contribution < -0.4 is 5.32 Å². The van der Waals surface area contributed by atoms with Crippen LogP contribution in [0.15, 0.2) is 30.3 Å². The van der Waals surface area contributed by atoms with Crippen LogP contribution in [0.5, 0.6) is 0 Å². The summed E-state index contributed by atoms with van der Waals surface area (Å²) in [5.41, 5.74) is 1.27. The van der Waals surface area contributed by atoms with Gasteiger partial charge in [0, 0.05) is 25.0 Å². The van der Waals surface area contributed by atoms with Crippen LogP contribution in [-0.2, 0) is 15.9 Å². The minimum Gasteiger partial charge on any atom is -0.315 e. The minimum absolute atomic E-state index is 0.427. The number of nitrogens with one attached hydrogen (secondary N) is 1. The van der Waals surface area contributed by atoms with Gasteiger partial charge < -0.3 is 14.8 Å². The Morgan fingerprint density at radius 2 is 2.05 bits per heavy atom. The van der Waals surface area contributed by atoms with Gasteiger partial charge >= 0.3 is 0 Å². The molecule has 3 unspecified atom stereocenters. The van der Waals surface area contributed by atoms with Gasteiger partial charge in [-0.1, -0.05) is 30.3 Å². The average Bonchev–Trinajstić information content (AvgIpc) is 3.11. The Balaban J connectivity index is 1.51. The van der Waals surface area contributed by atoms with Crippen molar-refractivity contribution >= 4 is 0 Å². The summed E-state index contributed by atoms with van der Waals surface area (Å²) in [4.78, 5) is 2.43. The smallest absolute Gasteiger partial charge is 0.238 e. The van der Waals surface area contributed by atoms with E-state index < -0.39 is 5.91 Å². The molecule has 3 aliphatic rings. The van der Waals surface area contributed by atoms with Crippen molar-refractivity contribution in [1.29, 1.82) is 0 Å². The molecule has 1 aromatic rings. The van der Waals surface area contributed by atoms with E-state index >= 15 is 0 Å². The predicted octanol–water partition coefficient (Wildman–Crippen LogP) is 1.32. The Bertz CT molecular complexity index is 435. The van der Waals surface area contributed by atoms with Crippen LogP contribution in [0, 0.1) is 0 Å². The Labute approximate surface area is 113 Å². The molecule has 1 aromatic carbocycles. The lowest BCUT2D eigenvalue weighted by molar-refractivity contribution is -0.439. The van der Waals surface area contributed by atoms with E-state index in [9.17, 15) is 0 Å². The van der Waals surface area contributed by atoms with Crippen molar-refractivity contribution in [1.82, 2.24) is 10.2 Å². The maximum absolute atomic E-state index is 5.85. The van der Waals surface area contributed by atoms with Crippen LogP contribution in [0.1, 0.15) is 18.4 Å². The van der Waals surface area contributed by atoms with Gasteiger partial charge in [0.2, 0.25) is 5.91 Å². The van der Waals surface area contributed by atoms with Gasteiger partial charge in [0.1, 0.15) is 0 Å². The van der Waals surface area contributed by atoms with Gasteiger partial charge in [-0.3, -0.25) is 0 Å². The molecule has 3 saturated heterocycles. The van der Waals surface area contributed by atoms with Gasteiger partial charge in [-0.25, -0.2) is 4.90 Å². The SMILES string of the molecule is c1ccc(CC2(N3C4CCCNCC43)OCO2)cc1. The summed E-state index contributed by atoms with van der Waals surface area (Å²) in [7, 11) is 0. The van der Waals surface area contributed by atoms with E-state index in [-0.39, 0.29) is 0 Å². The summed E-state index contributed by atoms with van der Waals surface area (Å²) in [6.45, 7) is 2.64. The molecule has 0 aliphatic carbocycles. The van der Waals surface area contributed by atoms with Gasteiger partial charge in [0.25, 0.3) is 0 Å². The number of rotatable bonds is 3. The van der Waals surface area contributed by atoms with Crippen molar-refractivity contribution in [3.05, 3.63) is 35.9 Å². The zero-order valence-electron chi connectivity index (χ0n) is 11.0. The Morgan fingerprint density at radius 3 is 2.79 bits per heavy atom. The fraction of sp³-hybridized carbons (Fsp3) is 0.600. The second-order valence-electron chi connectivity index (χ2n) is 5.67. The molecule has 0 aromatic heterocycles. The molecule has 102 valence electrons. The number of ether oxygens (including phenoxy) is 2. The summed E-state index contributed by atoms with van der Waals surface area (Å²) >= 11 is 0. The fourth-order valence-electron chi connectivity index (χ4n) is 3.48. The summed E-state index contributed by atoms with van der Waals surface area (Å²) in [6, 6.07) is 11.7. The van der Waals surface area contributed by atoms with E-state index in [0.29, 0.717) is 18.9 Å². The number of fused-ring (bicyclic) bond motifs is 1. The molecule has 3 atom stereocenters. The van der Waals surface area contributed by atoms with E-state index in [0.717, 1.165) is 19.5 Å². The molecule has 4 heteroatoms. The van der Waals surface area contributed by atoms with E-state index in [4.69, 9.17) is 9.47 Å². The van der Waals surface area contributed by atoms with Crippen molar-refractivity contribution in [2.24, 2.45) is 0 Å². The lowest BCUT2D eigenvalue weighted by atomic mass is 10.1. The predicted molar refractivity (Wildman–Crippen MR) is 71.4 cm³/mol. The first kappa shape index (κ1) is 11.9. The summed E-state index contributed by atoms with van der Waals surface area (Å²) in [6.07, 6.45) is 3.32. The fourth-order valence-corrected chi connectivity index (χ4v) is 3.48. The second-order valence-corrected chi connectivity index (χ2v) is 5.67. The lowest BCUT2D eigenvalue weighted by Crippen LogP contribution is -2.56. The van der Waals surface area contributed by atoms with Gasteiger partial charge in [-0.05, 0) is 24.9 Å². The number of nitrogens with zero attached hydrogens (tertiary/aromatic N) is 1. The van der Waals surface area contributed by atoms with Crippen LogP contribution in [0.3, 0.4) is 0 Å². The van der Waals surface area contributed by atoms with Crippen LogP contribution in [0.25, 0.3) is 0 Å². The third-order valence-electron chi connectivity index (χ3n) is 4.51. The highest BCUT2D eigenvalue weighted by Crippen LogP contribution is 2.46. The first-order valence-electron chi connectivity index (χ1n) is 7.20. The molecule has 3 fully saturated rings. The second kappa shape index (κ2) is 4.56. The normalized spacial score (nSPS) is 35.9. The zero-order chi connectivity index (χ0) is 12.7. The standard InChI is InChI=1S/C15H20N2O2/c1-2-5-12(6-3-1)9-15(18-11-19-15)17-13-7-4-8-16-10-14(13)17/h1-3,5-6,13-14,16H,4,7-11H2. The Morgan fingerprint density at radius 1 is 1.21 bits per heavy atom. The molecule has 3 heterocycles. The maximum atomic E-state index is 5.85. The van der Waals surface area contributed by atoms with Crippen LogP contribution in [0.2, 0.25) is 0 Å². The highest BCUT2D eigenvalue weighted by Gasteiger charge is 2.62. The molecule has 19 heavy (non-hydrogen) atoms. The zero-order valence-corrected chi connectivity index (χ0v) is 11.0. The van der Waals surface area contributed by atoms with E-state index in [1.807, 2.05) is 6.07 Å².